The number of benzene rings is 2. The van der Waals surface area contributed by atoms with E-state index in [1.54, 1.807) is 12.1 Å². The fourth-order valence-electron chi connectivity index (χ4n) is 4.78. The molecule has 0 aliphatic heterocycles. The molecule has 0 radical (unpaired) electrons. The minimum Gasteiger partial charge on any atom is -1.00 e. The maximum absolute atomic E-state index is 2.48. The average Bonchev–Trinajstić information content (AvgIpc) is 3.26. The van der Waals surface area contributed by atoms with Crippen molar-refractivity contribution < 1.29 is 46.1 Å². The summed E-state index contributed by atoms with van der Waals surface area (Å²) in [5.41, 5.74) is 6.09. The Morgan fingerprint density at radius 2 is 1.54 bits per heavy atom. The van der Waals surface area contributed by atoms with Crippen LogP contribution in [-0.4, -0.2) is 3.21 Å². The summed E-state index contributed by atoms with van der Waals surface area (Å²) in [4.78, 5) is 0. The molecular formula is C25H28Cl2Zr. The second-order valence-electron chi connectivity index (χ2n) is 8.13. The molecule has 28 heavy (non-hydrogen) atoms. The monoisotopic (exact) mass is 488 g/mol. The van der Waals surface area contributed by atoms with Gasteiger partial charge in [0.2, 0.25) is 0 Å². The van der Waals surface area contributed by atoms with Gasteiger partial charge >= 0.3 is 166 Å². The summed E-state index contributed by atoms with van der Waals surface area (Å²) in [6.07, 6.45) is 9.38. The Hall–Kier alpha value is -0.747. The van der Waals surface area contributed by atoms with Crippen molar-refractivity contribution in [1.29, 1.82) is 0 Å². The van der Waals surface area contributed by atoms with Crippen LogP contribution in [-0.2, 0) is 27.7 Å². The van der Waals surface area contributed by atoms with Gasteiger partial charge in [-0.1, -0.05) is 0 Å². The van der Waals surface area contributed by atoms with Crippen molar-refractivity contribution >= 4 is 6.48 Å². The Labute approximate surface area is 190 Å². The van der Waals surface area contributed by atoms with Crippen LogP contribution >= 0.6 is 0 Å². The summed E-state index contributed by atoms with van der Waals surface area (Å²) in [6.45, 7) is 9.65. The summed E-state index contributed by atoms with van der Waals surface area (Å²) in [7, 11) is 0. The molecular weight excluding hydrogens is 462 g/mol. The van der Waals surface area contributed by atoms with Crippen LogP contribution in [0.5, 0.6) is 0 Å². The summed E-state index contributed by atoms with van der Waals surface area (Å²) in [5, 5.41) is 0. The Bertz CT molecular complexity index is 939. The first-order chi connectivity index (χ1) is 12.6. The normalized spacial score (nSPS) is 13.2. The quantitative estimate of drug-likeness (QED) is 0.477. The molecule has 0 bridgehead atoms. The number of rotatable bonds is 4. The van der Waals surface area contributed by atoms with Gasteiger partial charge in [-0.2, -0.15) is 0 Å². The van der Waals surface area contributed by atoms with Crippen molar-refractivity contribution in [3.05, 3.63) is 75.1 Å². The molecule has 0 saturated carbocycles. The number of hydrogen-bond donors (Lipinski definition) is 0. The molecule has 0 heterocycles. The van der Waals surface area contributed by atoms with Gasteiger partial charge in [0.1, 0.15) is 0 Å². The fraction of sp³-hybridized carbons (Fsp3) is 0.320. The zero-order valence-corrected chi connectivity index (χ0v) is 21.1. The molecule has 0 saturated heterocycles. The van der Waals surface area contributed by atoms with E-state index >= 15 is 0 Å². The first-order valence-corrected chi connectivity index (χ1v) is 13.6. The second-order valence-corrected chi connectivity index (χ2v) is 14.3. The predicted molar refractivity (Wildman–Crippen MR) is 111 cm³/mol. The minimum atomic E-state index is -2.07. The van der Waals surface area contributed by atoms with Gasteiger partial charge < -0.3 is 24.8 Å². The standard InChI is InChI=1S/C13H9.C7H14.C5H5.2ClH.Zr/c1-3-7-12-10(5-1)9-11-6-2-4-8-13(11)12;1-6(2)5-7(3)4;1-2-4-5-3-1;;;/h1-5,7-8H,9H2;6-7H,1-4H3;1-3H,4H2;2*1H;/q;;;;;+2/p-2. The SMILES string of the molecule is CC(C)[C](C(C)C)=[Zr+2]([C]1=CC=CC1)[c]1cccc2c1Cc1ccccc1-2.[Cl-].[Cl-]. The maximum Gasteiger partial charge on any atom is -1.00 e. The van der Waals surface area contributed by atoms with Crippen LogP contribution in [0.3, 0.4) is 0 Å². The van der Waals surface area contributed by atoms with E-state index in [0.29, 0.717) is 11.8 Å². The summed E-state index contributed by atoms with van der Waals surface area (Å²) < 4.78 is 5.36. The molecule has 2 aromatic carbocycles. The first-order valence-electron chi connectivity index (χ1n) is 9.88. The average molecular weight is 491 g/mol. The summed E-state index contributed by atoms with van der Waals surface area (Å²) in [5.74, 6) is 1.34. The van der Waals surface area contributed by atoms with Crippen LogP contribution < -0.4 is 28.1 Å². The topological polar surface area (TPSA) is 0 Å². The molecule has 0 nitrogen and oxygen atoms in total. The third-order valence-corrected chi connectivity index (χ3v) is 15.0. The van der Waals surface area contributed by atoms with Crippen molar-refractivity contribution in [3.63, 3.8) is 0 Å². The zero-order valence-electron chi connectivity index (χ0n) is 17.1. The van der Waals surface area contributed by atoms with Crippen LogP contribution in [0, 0.1) is 11.8 Å². The molecule has 2 aromatic rings. The number of allylic oxidation sites excluding steroid dienone is 4. The Balaban J connectivity index is 0.00000140. The van der Waals surface area contributed by atoms with Gasteiger partial charge in [0.05, 0.1) is 0 Å². The van der Waals surface area contributed by atoms with Crippen LogP contribution in [0.1, 0.15) is 45.2 Å². The van der Waals surface area contributed by atoms with Gasteiger partial charge in [0.25, 0.3) is 0 Å². The molecule has 3 heteroatoms. The van der Waals surface area contributed by atoms with Crippen molar-refractivity contribution in [2.24, 2.45) is 11.8 Å². The third kappa shape index (κ3) is 4.23. The van der Waals surface area contributed by atoms with Crippen LogP contribution in [0.15, 0.2) is 64.0 Å². The van der Waals surface area contributed by atoms with Crippen LogP contribution in [0.25, 0.3) is 11.1 Å². The molecule has 146 valence electrons. The second kappa shape index (κ2) is 9.84. The fourth-order valence-corrected chi connectivity index (χ4v) is 13.5. The minimum absolute atomic E-state index is 0. The van der Waals surface area contributed by atoms with E-state index in [0.717, 1.165) is 6.42 Å². The molecule has 0 aromatic heterocycles. The van der Waals surface area contributed by atoms with E-state index < -0.39 is 21.3 Å². The van der Waals surface area contributed by atoms with Gasteiger partial charge in [-0.3, -0.25) is 0 Å². The van der Waals surface area contributed by atoms with E-state index in [-0.39, 0.29) is 24.8 Å². The van der Waals surface area contributed by atoms with Gasteiger partial charge in [-0.05, 0) is 0 Å². The maximum atomic E-state index is 2.48. The molecule has 0 unspecified atom stereocenters. The van der Waals surface area contributed by atoms with Crippen molar-refractivity contribution in [3.8, 4) is 11.1 Å². The predicted octanol–water partition coefficient (Wildman–Crippen LogP) is -0.162. The van der Waals surface area contributed by atoms with Gasteiger partial charge in [-0.25, -0.2) is 0 Å². The molecule has 2 aliphatic rings. The van der Waals surface area contributed by atoms with Gasteiger partial charge in [0, 0.05) is 0 Å². The van der Waals surface area contributed by atoms with E-state index in [4.69, 9.17) is 0 Å². The molecule has 0 amide bonds. The van der Waals surface area contributed by atoms with E-state index in [2.05, 4.69) is 88.4 Å². The number of halogens is 2. The third-order valence-electron chi connectivity index (χ3n) is 5.75. The molecule has 2 aliphatic carbocycles. The van der Waals surface area contributed by atoms with Crippen LogP contribution in [0.2, 0.25) is 0 Å². The van der Waals surface area contributed by atoms with Crippen LogP contribution in [0.4, 0.5) is 0 Å². The first kappa shape index (κ1) is 23.5. The van der Waals surface area contributed by atoms with E-state index in [9.17, 15) is 0 Å². The number of fused-ring (bicyclic) bond motifs is 3. The molecule has 0 atom stereocenters. The van der Waals surface area contributed by atoms with E-state index in [1.807, 2.05) is 3.21 Å². The Morgan fingerprint density at radius 3 is 2.18 bits per heavy atom. The smallest absolute Gasteiger partial charge is 1.00 e. The van der Waals surface area contributed by atoms with Crippen molar-refractivity contribution in [2.75, 3.05) is 0 Å². The van der Waals surface area contributed by atoms with E-state index in [1.165, 1.54) is 23.1 Å². The van der Waals surface area contributed by atoms with Crippen molar-refractivity contribution in [1.82, 2.24) is 0 Å². The molecule has 0 fully saturated rings. The van der Waals surface area contributed by atoms with Gasteiger partial charge in [-0.15, -0.1) is 0 Å². The molecule has 4 rings (SSSR count). The van der Waals surface area contributed by atoms with Crippen molar-refractivity contribution in [2.45, 2.75) is 40.5 Å². The zero-order chi connectivity index (χ0) is 18.3. The summed E-state index contributed by atoms with van der Waals surface area (Å²) >= 11 is -2.07. The number of hydrogen-bond acceptors (Lipinski definition) is 0. The van der Waals surface area contributed by atoms with Gasteiger partial charge in [0.15, 0.2) is 0 Å². The summed E-state index contributed by atoms with van der Waals surface area (Å²) in [6, 6.07) is 16.1. The molecule has 0 spiro atoms. The Morgan fingerprint density at radius 1 is 0.857 bits per heavy atom. The Kier molecular flexibility index (Phi) is 8.27. The largest absolute Gasteiger partial charge is 1.00 e. The molecule has 0 N–H and O–H groups in total.